The van der Waals surface area contributed by atoms with Gasteiger partial charge in [-0.1, -0.05) is 37.1 Å². The fraction of sp³-hybridized carbons (Fsp3) is 0.483. The van der Waals surface area contributed by atoms with E-state index in [1.165, 1.54) is 24.0 Å². The molecule has 0 spiro atoms. The van der Waals surface area contributed by atoms with E-state index in [-0.39, 0.29) is 23.2 Å². The zero-order valence-corrected chi connectivity index (χ0v) is 21.5. The van der Waals surface area contributed by atoms with Gasteiger partial charge < -0.3 is 24.8 Å². The van der Waals surface area contributed by atoms with Crippen LogP contribution >= 0.6 is 0 Å². The number of anilines is 1. The quantitative estimate of drug-likeness (QED) is 0.489. The second kappa shape index (κ2) is 9.39. The number of aromatic hydroxyl groups is 1. The first kappa shape index (κ1) is 23.8. The monoisotopic (exact) mass is 502 g/mol. The molecule has 1 aliphatic heterocycles. The van der Waals surface area contributed by atoms with Crippen molar-refractivity contribution in [2.24, 2.45) is 11.3 Å². The Morgan fingerprint density at radius 2 is 1.81 bits per heavy atom. The van der Waals surface area contributed by atoms with Gasteiger partial charge in [-0.3, -0.25) is 4.79 Å². The molecule has 1 atom stereocenters. The molecule has 6 rings (SSSR count). The molecule has 37 heavy (non-hydrogen) atoms. The van der Waals surface area contributed by atoms with Gasteiger partial charge in [0.2, 0.25) is 17.7 Å². The van der Waals surface area contributed by atoms with Crippen molar-refractivity contribution >= 4 is 22.8 Å². The van der Waals surface area contributed by atoms with Crippen molar-refractivity contribution < 1.29 is 19.4 Å². The Kier molecular flexibility index (Phi) is 6.05. The molecule has 1 saturated carbocycles. The predicted molar refractivity (Wildman–Crippen MR) is 141 cm³/mol. The summed E-state index contributed by atoms with van der Waals surface area (Å²) in [5, 5.41) is 14.6. The lowest BCUT2D eigenvalue weighted by Crippen LogP contribution is -2.50. The highest BCUT2D eigenvalue weighted by atomic mass is 16.5. The molecule has 0 radical (unpaired) electrons. The number of aryl methyl sites for hydroxylation is 1. The van der Waals surface area contributed by atoms with E-state index in [2.05, 4.69) is 39.5 Å². The average Bonchev–Trinajstić information content (AvgIpc) is 3.65. The number of hydrogen-bond donors (Lipinski definition) is 2. The minimum absolute atomic E-state index is 0.0894. The Morgan fingerprint density at radius 1 is 1.08 bits per heavy atom. The number of nitrogens with one attached hydrogen (secondary N) is 1. The van der Waals surface area contributed by atoms with E-state index in [4.69, 9.17) is 14.5 Å². The summed E-state index contributed by atoms with van der Waals surface area (Å²) in [6.07, 6.45) is 6.87. The van der Waals surface area contributed by atoms with Crippen LogP contribution in [-0.2, 0) is 11.2 Å². The molecule has 2 aromatic carbocycles. The number of fused-ring (bicyclic) bond motifs is 2. The average molecular weight is 503 g/mol. The fourth-order valence-corrected chi connectivity index (χ4v) is 6.12. The van der Waals surface area contributed by atoms with Gasteiger partial charge in [-0.25, -0.2) is 4.98 Å². The Balaban J connectivity index is 1.22. The normalized spacial score (nSPS) is 20.5. The van der Waals surface area contributed by atoms with Gasteiger partial charge in [0.15, 0.2) is 11.5 Å². The number of carbonyl (C=O) groups excluding carboxylic acids is 1. The van der Waals surface area contributed by atoms with Gasteiger partial charge in [0.05, 0.1) is 36.6 Å². The molecule has 194 valence electrons. The first-order valence-corrected chi connectivity index (χ1v) is 13.3. The lowest BCUT2D eigenvalue weighted by atomic mass is 9.73. The first-order valence-electron chi connectivity index (χ1n) is 13.3. The number of methoxy groups -OCH3 is 2. The van der Waals surface area contributed by atoms with Crippen LogP contribution < -0.4 is 19.7 Å². The number of rotatable bonds is 7. The van der Waals surface area contributed by atoms with Crippen molar-refractivity contribution in [1.82, 2.24) is 15.3 Å². The third-order valence-electron chi connectivity index (χ3n) is 8.47. The van der Waals surface area contributed by atoms with E-state index in [9.17, 15) is 9.90 Å². The van der Waals surface area contributed by atoms with Crippen LogP contribution in [0.25, 0.3) is 10.9 Å². The minimum atomic E-state index is -0.370. The van der Waals surface area contributed by atoms with Crippen LogP contribution in [0.2, 0.25) is 0 Å². The van der Waals surface area contributed by atoms with E-state index < -0.39 is 0 Å². The number of amides is 1. The number of nitrogens with zero attached hydrogens (tertiary/aromatic N) is 3. The van der Waals surface area contributed by atoms with Crippen molar-refractivity contribution in [3.63, 3.8) is 0 Å². The van der Waals surface area contributed by atoms with E-state index in [0.29, 0.717) is 47.4 Å². The number of benzene rings is 2. The Hall–Kier alpha value is -3.55. The van der Waals surface area contributed by atoms with Gasteiger partial charge in [-0.05, 0) is 55.2 Å². The zero-order chi connectivity index (χ0) is 25.6. The summed E-state index contributed by atoms with van der Waals surface area (Å²) in [5.41, 5.74) is 2.83. The van der Waals surface area contributed by atoms with Crippen molar-refractivity contribution in [3.05, 3.63) is 47.5 Å². The molecule has 0 bridgehead atoms. The molecule has 1 unspecified atom stereocenters. The fourth-order valence-electron chi connectivity index (χ4n) is 6.12. The van der Waals surface area contributed by atoms with Gasteiger partial charge in [0.1, 0.15) is 0 Å². The van der Waals surface area contributed by atoms with Gasteiger partial charge in [0, 0.05) is 19.2 Å². The van der Waals surface area contributed by atoms with Gasteiger partial charge in [-0.15, -0.1) is 0 Å². The topological polar surface area (TPSA) is 96.8 Å². The van der Waals surface area contributed by atoms with Crippen LogP contribution in [0.1, 0.15) is 55.7 Å². The maximum Gasteiger partial charge on any atom is 0.229 e. The predicted octanol–water partition coefficient (Wildman–Crippen LogP) is 4.54. The summed E-state index contributed by atoms with van der Waals surface area (Å²) < 4.78 is 10.8. The highest BCUT2D eigenvalue weighted by Crippen LogP contribution is 2.47. The molecular formula is C29H34N4O4. The summed E-state index contributed by atoms with van der Waals surface area (Å²) in [6.45, 7) is 1.33. The number of aromatic nitrogens is 2. The lowest BCUT2D eigenvalue weighted by molar-refractivity contribution is -0.134. The van der Waals surface area contributed by atoms with Crippen molar-refractivity contribution in [3.8, 4) is 17.4 Å². The minimum Gasteiger partial charge on any atom is -0.493 e. The van der Waals surface area contributed by atoms with Gasteiger partial charge in [-0.2, -0.15) is 4.98 Å². The lowest BCUT2D eigenvalue weighted by Gasteiger charge is -2.41. The van der Waals surface area contributed by atoms with E-state index in [1.807, 2.05) is 0 Å². The highest BCUT2D eigenvalue weighted by molar-refractivity contribution is 5.88. The molecule has 3 aromatic rings. The number of hydrogen-bond acceptors (Lipinski definition) is 7. The number of piperidine rings is 1. The summed E-state index contributed by atoms with van der Waals surface area (Å²) in [6, 6.07) is 12.0. The Bertz CT molecular complexity index is 1330. The Labute approximate surface area is 217 Å². The SMILES string of the molecule is COc1cc2nc(N3CCC(CC4CC4)(C(=O)NC4CCc5ccccc54)CC3)nc(O)c2cc1OC. The van der Waals surface area contributed by atoms with Crippen LogP contribution in [0.15, 0.2) is 36.4 Å². The summed E-state index contributed by atoms with van der Waals surface area (Å²) in [4.78, 5) is 25.0. The first-order chi connectivity index (χ1) is 18.0. The summed E-state index contributed by atoms with van der Waals surface area (Å²) in [5.74, 6) is 2.29. The second-order valence-electron chi connectivity index (χ2n) is 10.7. The third-order valence-corrected chi connectivity index (χ3v) is 8.47. The zero-order valence-electron chi connectivity index (χ0n) is 21.5. The molecule has 3 aliphatic rings. The summed E-state index contributed by atoms with van der Waals surface area (Å²) in [7, 11) is 3.13. The molecule has 2 N–H and O–H groups in total. The van der Waals surface area contributed by atoms with Crippen molar-refractivity contribution in [2.45, 2.75) is 51.0 Å². The molecule has 8 heteroatoms. The Morgan fingerprint density at radius 3 is 2.54 bits per heavy atom. The molecule has 1 amide bonds. The molecule has 2 fully saturated rings. The second-order valence-corrected chi connectivity index (χ2v) is 10.7. The van der Waals surface area contributed by atoms with Crippen LogP contribution in [0.3, 0.4) is 0 Å². The maximum atomic E-state index is 13.8. The molecule has 1 aromatic heterocycles. The van der Waals surface area contributed by atoms with Crippen molar-refractivity contribution in [1.29, 1.82) is 0 Å². The van der Waals surface area contributed by atoms with E-state index in [0.717, 1.165) is 32.1 Å². The smallest absolute Gasteiger partial charge is 0.229 e. The maximum absolute atomic E-state index is 13.8. The van der Waals surface area contributed by atoms with Crippen LogP contribution in [0.4, 0.5) is 5.95 Å². The number of ether oxygens (including phenoxy) is 2. The van der Waals surface area contributed by atoms with Crippen LogP contribution in [0.5, 0.6) is 17.4 Å². The molecule has 2 heterocycles. The number of carbonyl (C=O) groups is 1. The highest BCUT2D eigenvalue weighted by Gasteiger charge is 2.46. The van der Waals surface area contributed by atoms with Crippen molar-refractivity contribution in [2.75, 3.05) is 32.2 Å². The third kappa shape index (κ3) is 4.43. The van der Waals surface area contributed by atoms with Gasteiger partial charge >= 0.3 is 0 Å². The molecule has 2 aliphatic carbocycles. The standard InChI is InChI=1S/C29H34N4O4/c1-36-24-15-21-23(16-25(24)37-2)31-28(32-26(21)34)33-13-11-29(12-14-33,17-18-7-8-18)27(35)30-22-10-9-19-5-3-4-6-20(19)22/h3-6,15-16,18,22H,7-14,17H2,1-2H3,(H,30,35)(H,31,32,34). The van der Waals surface area contributed by atoms with Gasteiger partial charge in [0.25, 0.3) is 0 Å². The van der Waals surface area contributed by atoms with E-state index >= 15 is 0 Å². The summed E-state index contributed by atoms with van der Waals surface area (Å²) >= 11 is 0. The molecular weight excluding hydrogens is 468 g/mol. The van der Waals surface area contributed by atoms with Crippen LogP contribution in [-0.4, -0.2) is 48.3 Å². The van der Waals surface area contributed by atoms with Crippen LogP contribution in [0, 0.1) is 11.3 Å². The molecule has 1 saturated heterocycles. The largest absolute Gasteiger partial charge is 0.493 e. The molecule has 8 nitrogen and oxygen atoms in total. The van der Waals surface area contributed by atoms with E-state index in [1.54, 1.807) is 26.4 Å².